The summed E-state index contributed by atoms with van der Waals surface area (Å²) in [5.74, 6) is -0.631. The zero-order chi connectivity index (χ0) is 22.9. The van der Waals surface area contributed by atoms with E-state index in [1.165, 1.54) is 6.07 Å². The van der Waals surface area contributed by atoms with Crippen molar-refractivity contribution in [2.24, 2.45) is 0 Å². The highest BCUT2D eigenvalue weighted by Crippen LogP contribution is 2.33. The molecule has 4 aromatic carbocycles. The minimum absolute atomic E-state index is 0.197. The first-order valence-corrected chi connectivity index (χ1v) is 10.6. The van der Waals surface area contributed by atoms with Gasteiger partial charge < -0.3 is 10.1 Å². The van der Waals surface area contributed by atoms with Crippen LogP contribution in [0.2, 0.25) is 5.02 Å². The minimum Gasteiger partial charge on any atom is -0.484 e. The van der Waals surface area contributed by atoms with Crippen molar-refractivity contribution < 1.29 is 19.1 Å². The Morgan fingerprint density at radius 2 is 1.48 bits per heavy atom. The second kappa shape index (κ2) is 8.41. The summed E-state index contributed by atoms with van der Waals surface area (Å²) in [6.45, 7) is -0.200. The smallest absolute Gasteiger partial charge is 0.266 e. The molecule has 0 spiro atoms. The van der Waals surface area contributed by atoms with Gasteiger partial charge in [0.1, 0.15) is 5.75 Å². The van der Waals surface area contributed by atoms with Gasteiger partial charge in [-0.15, -0.1) is 0 Å². The Morgan fingerprint density at radius 3 is 2.18 bits per heavy atom. The van der Waals surface area contributed by atoms with E-state index >= 15 is 0 Å². The summed E-state index contributed by atoms with van der Waals surface area (Å²) in [6.07, 6.45) is 0. The van der Waals surface area contributed by atoms with E-state index in [4.69, 9.17) is 16.3 Å². The molecule has 0 unspecified atom stereocenters. The molecule has 33 heavy (non-hydrogen) atoms. The molecule has 0 aliphatic carbocycles. The third-order valence-corrected chi connectivity index (χ3v) is 5.68. The fourth-order valence-corrected chi connectivity index (χ4v) is 3.98. The number of halogens is 1. The number of fused-ring (bicyclic) bond motifs is 2. The van der Waals surface area contributed by atoms with E-state index in [2.05, 4.69) is 5.32 Å². The van der Waals surface area contributed by atoms with Crippen LogP contribution >= 0.6 is 11.6 Å². The Labute approximate surface area is 194 Å². The van der Waals surface area contributed by atoms with Gasteiger partial charge in [-0.2, -0.15) is 0 Å². The lowest BCUT2D eigenvalue weighted by Gasteiger charge is -2.16. The molecule has 0 saturated carbocycles. The van der Waals surface area contributed by atoms with Crippen LogP contribution in [-0.4, -0.2) is 24.3 Å². The molecule has 0 aromatic heterocycles. The third-order valence-electron chi connectivity index (χ3n) is 5.37. The van der Waals surface area contributed by atoms with E-state index in [1.807, 2.05) is 36.4 Å². The highest BCUT2D eigenvalue weighted by molar-refractivity contribution is 6.36. The van der Waals surface area contributed by atoms with E-state index in [-0.39, 0.29) is 11.6 Å². The number of carbonyl (C=O) groups excluding carboxylic acids is 3. The van der Waals surface area contributed by atoms with Crippen molar-refractivity contribution >= 4 is 51.5 Å². The maximum atomic E-state index is 12.7. The summed E-state index contributed by atoms with van der Waals surface area (Å²) in [7, 11) is 0. The van der Waals surface area contributed by atoms with Crippen LogP contribution in [0.3, 0.4) is 0 Å². The van der Waals surface area contributed by atoms with Crippen LogP contribution in [0.4, 0.5) is 11.4 Å². The average molecular weight is 457 g/mol. The predicted molar refractivity (Wildman–Crippen MR) is 127 cm³/mol. The van der Waals surface area contributed by atoms with Gasteiger partial charge in [0.05, 0.1) is 27.5 Å². The molecule has 5 rings (SSSR count). The number of carbonyl (C=O) groups is 3. The first-order valence-electron chi connectivity index (χ1n) is 10.2. The number of anilines is 2. The largest absolute Gasteiger partial charge is 0.484 e. The molecule has 0 atom stereocenters. The number of rotatable bonds is 5. The van der Waals surface area contributed by atoms with Gasteiger partial charge in [-0.05, 0) is 53.2 Å². The van der Waals surface area contributed by atoms with Crippen LogP contribution in [0.5, 0.6) is 5.75 Å². The molecule has 1 aliphatic heterocycles. The fourth-order valence-electron chi connectivity index (χ4n) is 3.76. The zero-order valence-corrected chi connectivity index (χ0v) is 18.0. The van der Waals surface area contributed by atoms with Gasteiger partial charge in [0.25, 0.3) is 17.7 Å². The zero-order valence-electron chi connectivity index (χ0n) is 17.2. The Hall–Kier alpha value is -4.16. The number of ether oxygens (including phenoxy) is 1. The highest BCUT2D eigenvalue weighted by Gasteiger charge is 2.36. The van der Waals surface area contributed by atoms with E-state index in [9.17, 15) is 14.4 Å². The standard InChI is InChI=1S/C26H17ClN2O4/c27-22-14-18(29-25(31)20-7-3-4-8-21(20)26(29)32)10-12-23(22)28-24(30)15-33-19-11-9-16-5-1-2-6-17(16)13-19/h1-14H,15H2,(H,28,30). The van der Waals surface area contributed by atoms with Crippen LogP contribution in [-0.2, 0) is 4.79 Å². The van der Waals surface area contributed by atoms with Crippen LogP contribution in [0.1, 0.15) is 20.7 Å². The van der Waals surface area contributed by atoms with E-state index in [0.29, 0.717) is 28.3 Å². The topological polar surface area (TPSA) is 75.7 Å². The Morgan fingerprint density at radius 1 is 0.818 bits per heavy atom. The molecule has 0 radical (unpaired) electrons. The second-order valence-electron chi connectivity index (χ2n) is 7.50. The number of imide groups is 1. The van der Waals surface area contributed by atoms with Crippen molar-refractivity contribution in [3.63, 3.8) is 0 Å². The monoisotopic (exact) mass is 456 g/mol. The molecule has 4 aromatic rings. The highest BCUT2D eigenvalue weighted by atomic mass is 35.5. The summed E-state index contributed by atoms with van der Waals surface area (Å²) in [4.78, 5) is 38.8. The molecular weight excluding hydrogens is 440 g/mol. The molecule has 0 saturated heterocycles. The number of nitrogens with one attached hydrogen (secondary N) is 1. The van der Waals surface area contributed by atoms with Crippen molar-refractivity contribution in [3.05, 3.63) is 101 Å². The van der Waals surface area contributed by atoms with Crippen molar-refractivity contribution in [1.29, 1.82) is 0 Å². The lowest BCUT2D eigenvalue weighted by atomic mass is 10.1. The van der Waals surface area contributed by atoms with E-state index in [0.717, 1.165) is 15.7 Å². The van der Waals surface area contributed by atoms with Gasteiger partial charge in [-0.3, -0.25) is 14.4 Å². The summed E-state index contributed by atoms with van der Waals surface area (Å²) < 4.78 is 5.60. The number of hydrogen-bond donors (Lipinski definition) is 1. The van der Waals surface area contributed by atoms with E-state index in [1.54, 1.807) is 42.5 Å². The van der Waals surface area contributed by atoms with E-state index < -0.39 is 17.7 Å². The quantitative estimate of drug-likeness (QED) is 0.413. The molecule has 0 bridgehead atoms. The second-order valence-corrected chi connectivity index (χ2v) is 7.91. The van der Waals surface area contributed by atoms with Crippen LogP contribution in [0, 0.1) is 0 Å². The van der Waals surface area contributed by atoms with Crippen molar-refractivity contribution in [3.8, 4) is 5.75 Å². The van der Waals surface area contributed by atoms with Crippen molar-refractivity contribution in [2.75, 3.05) is 16.8 Å². The molecule has 0 fully saturated rings. The Bertz CT molecular complexity index is 1400. The summed E-state index contributed by atoms with van der Waals surface area (Å²) in [6, 6.07) is 24.7. The Balaban J connectivity index is 1.26. The molecule has 1 aliphatic rings. The molecule has 1 heterocycles. The van der Waals surface area contributed by atoms with Gasteiger partial charge in [-0.1, -0.05) is 54.1 Å². The number of hydrogen-bond acceptors (Lipinski definition) is 4. The lowest BCUT2D eigenvalue weighted by Crippen LogP contribution is -2.29. The third kappa shape index (κ3) is 3.92. The molecule has 162 valence electrons. The Kier molecular flexibility index (Phi) is 5.28. The summed E-state index contributed by atoms with van der Waals surface area (Å²) in [5, 5.41) is 4.99. The molecule has 1 N–H and O–H groups in total. The van der Waals surface area contributed by atoms with Gasteiger partial charge in [0, 0.05) is 0 Å². The van der Waals surface area contributed by atoms with Gasteiger partial charge in [0.2, 0.25) is 0 Å². The first kappa shape index (κ1) is 20.7. The normalized spacial score (nSPS) is 12.7. The maximum absolute atomic E-state index is 12.7. The number of benzene rings is 4. The lowest BCUT2D eigenvalue weighted by molar-refractivity contribution is -0.118. The summed E-state index contributed by atoms with van der Waals surface area (Å²) >= 11 is 6.34. The number of nitrogens with zero attached hydrogens (tertiary/aromatic N) is 1. The molecule has 7 heteroatoms. The summed E-state index contributed by atoms with van der Waals surface area (Å²) in [5.41, 5.74) is 1.38. The van der Waals surface area contributed by atoms with Crippen LogP contribution in [0.25, 0.3) is 10.8 Å². The average Bonchev–Trinajstić information content (AvgIpc) is 3.09. The van der Waals surface area contributed by atoms with Gasteiger partial charge in [0.15, 0.2) is 6.61 Å². The van der Waals surface area contributed by atoms with Gasteiger partial charge >= 0.3 is 0 Å². The molecule has 6 nitrogen and oxygen atoms in total. The van der Waals surface area contributed by atoms with Crippen molar-refractivity contribution in [2.45, 2.75) is 0 Å². The minimum atomic E-state index is -0.410. The maximum Gasteiger partial charge on any atom is 0.266 e. The number of amides is 3. The molecular formula is C26H17ClN2O4. The fraction of sp³-hybridized carbons (Fsp3) is 0.0385. The first-order chi connectivity index (χ1) is 16.0. The van der Waals surface area contributed by atoms with Crippen molar-refractivity contribution in [1.82, 2.24) is 0 Å². The van der Waals surface area contributed by atoms with Crippen LogP contribution in [0.15, 0.2) is 84.9 Å². The van der Waals surface area contributed by atoms with Gasteiger partial charge in [-0.25, -0.2) is 4.90 Å². The molecule has 3 amide bonds. The predicted octanol–water partition coefficient (Wildman–Crippen LogP) is 5.31. The van der Waals surface area contributed by atoms with Crippen LogP contribution < -0.4 is 15.0 Å². The SMILES string of the molecule is O=C(COc1ccc2ccccc2c1)Nc1ccc(N2C(=O)c3ccccc3C2=O)cc1Cl.